The molecule has 1 unspecified atom stereocenters. The maximum atomic E-state index is 2.53. The van der Waals surface area contributed by atoms with Gasteiger partial charge in [0, 0.05) is 0 Å². The van der Waals surface area contributed by atoms with E-state index in [4.69, 9.17) is 0 Å². The van der Waals surface area contributed by atoms with Crippen LogP contribution in [0.4, 0.5) is 0 Å². The third kappa shape index (κ3) is 1.20. The Kier molecular flexibility index (Phi) is 1.97. The van der Waals surface area contributed by atoms with Gasteiger partial charge in [0.15, 0.2) is 0 Å². The average molecular weight is 166 g/mol. The summed E-state index contributed by atoms with van der Waals surface area (Å²) >= 11 is 0. The molecule has 0 nitrogen and oxygen atoms in total. The third-order valence-electron chi connectivity index (χ3n) is 4.53. The molecule has 3 aliphatic rings. The Balaban J connectivity index is 2.15. The van der Waals surface area contributed by atoms with Gasteiger partial charge in [-0.25, -0.2) is 0 Å². The molecule has 1 atom stereocenters. The highest BCUT2D eigenvalue weighted by Crippen LogP contribution is 2.55. The Labute approximate surface area is 76.7 Å². The normalized spacial score (nSPS) is 47.0. The SMILES string of the molecule is CC(C)C1CC2CCC1(C)CC2. The molecule has 0 aromatic heterocycles. The highest BCUT2D eigenvalue weighted by atomic mass is 14.5. The van der Waals surface area contributed by atoms with E-state index in [1.54, 1.807) is 0 Å². The molecule has 3 aliphatic carbocycles. The van der Waals surface area contributed by atoms with Crippen LogP contribution in [0.25, 0.3) is 0 Å². The van der Waals surface area contributed by atoms with Gasteiger partial charge in [-0.15, -0.1) is 0 Å². The molecule has 0 aromatic carbocycles. The first-order chi connectivity index (χ1) is 5.62. The topological polar surface area (TPSA) is 0 Å². The van der Waals surface area contributed by atoms with Crippen LogP contribution in [0.3, 0.4) is 0 Å². The van der Waals surface area contributed by atoms with Gasteiger partial charge >= 0.3 is 0 Å². The summed E-state index contributed by atoms with van der Waals surface area (Å²) in [4.78, 5) is 0. The number of fused-ring (bicyclic) bond motifs is 3. The molecule has 3 rings (SSSR count). The zero-order chi connectivity index (χ0) is 8.77. The lowest BCUT2D eigenvalue weighted by Gasteiger charge is -2.52. The van der Waals surface area contributed by atoms with Gasteiger partial charge in [-0.05, 0) is 55.3 Å². The molecule has 0 aliphatic heterocycles. The summed E-state index contributed by atoms with van der Waals surface area (Å²) in [6, 6.07) is 0. The van der Waals surface area contributed by atoms with Crippen molar-refractivity contribution in [3.8, 4) is 0 Å². The second-order valence-corrected chi connectivity index (χ2v) is 5.68. The highest BCUT2D eigenvalue weighted by Gasteiger charge is 2.45. The van der Waals surface area contributed by atoms with Crippen LogP contribution in [0.5, 0.6) is 0 Å². The van der Waals surface area contributed by atoms with Crippen molar-refractivity contribution >= 4 is 0 Å². The minimum atomic E-state index is 0.725. The summed E-state index contributed by atoms with van der Waals surface area (Å²) in [6.45, 7) is 7.36. The Morgan fingerprint density at radius 1 is 1.17 bits per heavy atom. The standard InChI is InChI=1S/C12H22/c1-9(2)11-8-10-4-6-12(11,3)7-5-10/h9-11H,4-8H2,1-3H3. The fourth-order valence-corrected chi connectivity index (χ4v) is 3.66. The first-order valence-electron chi connectivity index (χ1n) is 5.62. The van der Waals surface area contributed by atoms with Crippen molar-refractivity contribution in [1.82, 2.24) is 0 Å². The van der Waals surface area contributed by atoms with Crippen molar-refractivity contribution in [3.05, 3.63) is 0 Å². The molecule has 0 heterocycles. The van der Waals surface area contributed by atoms with E-state index in [-0.39, 0.29) is 0 Å². The lowest BCUT2D eigenvalue weighted by Crippen LogP contribution is -2.42. The molecule has 70 valence electrons. The Morgan fingerprint density at radius 3 is 2.08 bits per heavy atom. The molecule has 0 N–H and O–H groups in total. The second kappa shape index (κ2) is 2.75. The van der Waals surface area contributed by atoms with E-state index >= 15 is 0 Å². The van der Waals surface area contributed by atoms with E-state index < -0.39 is 0 Å². The van der Waals surface area contributed by atoms with E-state index in [2.05, 4.69) is 20.8 Å². The molecule has 2 bridgehead atoms. The summed E-state index contributed by atoms with van der Waals surface area (Å²) in [5, 5.41) is 0. The van der Waals surface area contributed by atoms with Gasteiger partial charge in [-0.2, -0.15) is 0 Å². The second-order valence-electron chi connectivity index (χ2n) is 5.68. The largest absolute Gasteiger partial charge is 0.0625 e. The molecule has 0 aromatic rings. The van der Waals surface area contributed by atoms with Crippen LogP contribution >= 0.6 is 0 Å². The zero-order valence-corrected chi connectivity index (χ0v) is 8.77. The summed E-state index contributed by atoms with van der Waals surface area (Å²) in [6.07, 6.45) is 7.62. The molecular weight excluding hydrogens is 144 g/mol. The van der Waals surface area contributed by atoms with Crippen molar-refractivity contribution in [2.24, 2.45) is 23.2 Å². The van der Waals surface area contributed by atoms with E-state index in [0.29, 0.717) is 0 Å². The minimum absolute atomic E-state index is 0.725. The summed E-state index contributed by atoms with van der Waals surface area (Å²) < 4.78 is 0. The van der Waals surface area contributed by atoms with Crippen LogP contribution in [-0.2, 0) is 0 Å². The average Bonchev–Trinajstić information content (AvgIpc) is 2.04. The molecule has 0 heteroatoms. The Morgan fingerprint density at radius 2 is 1.75 bits per heavy atom. The summed E-state index contributed by atoms with van der Waals surface area (Å²) in [7, 11) is 0. The van der Waals surface area contributed by atoms with Crippen LogP contribution in [0, 0.1) is 23.2 Å². The minimum Gasteiger partial charge on any atom is -0.0625 e. The predicted molar refractivity (Wildman–Crippen MR) is 53.0 cm³/mol. The maximum Gasteiger partial charge on any atom is -0.0295 e. The molecule has 3 saturated carbocycles. The van der Waals surface area contributed by atoms with Crippen molar-refractivity contribution in [2.45, 2.75) is 52.9 Å². The van der Waals surface area contributed by atoms with Gasteiger partial charge in [0.25, 0.3) is 0 Å². The Hall–Kier alpha value is 0. The van der Waals surface area contributed by atoms with Gasteiger partial charge in [0.1, 0.15) is 0 Å². The molecule has 12 heavy (non-hydrogen) atoms. The van der Waals surface area contributed by atoms with Crippen molar-refractivity contribution in [2.75, 3.05) is 0 Å². The highest BCUT2D eigenvalue weighted by molar-refractivity contribution is 4.95. The molecular formula is C12H22. The first kappa shape index (κ1) is 8.59. The smallest absolute Gasteiger partial charge is 0.0295 e. The number of hydrogen-bond acceptors (Lipinski definition) is 0. The number of rotatable bonds is 1. The molecule has 3 fully saturated rings. The van der Waals surface area contributed by atoms with E-state index in [1.165, 1.54) is 32.1 Å². The van der Waals surface area contributed by atoms with Crippen molar-refractivity contribution < 1.29 is 0 Å². The fourth-order valence-electron chi connectivity index (χ4n) is 3.66. The predicted octanol–water partition coefficient (Wildman–Crippen LogP) is 3.86. The fraction of sp³-hybridized carbons (Fsp3) is 1.00. The van der Waals surface area contributed by atoms with Crippen LogP contribution in [0.1, 0.15) is 52.9 Å². The van der Waals surface area contributed by atoms with Gasteiger partial charge < -0.3 is 0 Å². The quantitative estimate of drug-likeness (QED) is 0.555. The van der Waals surface area contributed by atoms with E-state index in [1.807, 2.05) is 0 Å². The van der Waals surface area contributed by atoms with Gasteiger partial charge in [0.05, 0.1) is 0 Å². The molecule has 0 saturated heterocycles. The van der Waals surface area contributed by atoms with Gasteiger partial charge in [0.2, 0.25) is 0 Å². The number of hydrogen-bond donors (Lipinski definition) is 0. The van der Waals surface area contributed by atoms with E-state index in [0.717, 1.165) is 23.2 Å². The molecule has 0 amide bonds. The van der Waals surface area contributed by atoms with Gasteiger partial charge in [-0.1, -0.05) is 20.8 Å². The van der Waals surface area contributed by atoms with Crippen LogP contribution in [-0.4, -0.2) is 0 Å². The van der Waals surface area contributed by atoms with Crippen LogP contribution in [0.15, 0.2) is 0 Å². The summed E-state index contributed by atoms with van der Waals surface area (Å²) in [5.41, 5.74) is 0.725. The Bertz CT molecular complexity index is 161. The first-order valence-corrected chi connectivity index (χ1v) is 5.62. The van der Waals surface area contributed by atoms with Crippen molar-refractivity contribution in [1.29, 1.82) is 0 Å². The van der Waals surface area contributed by atoms with E-state index in [9.17, 15) is 0 Å². The lowest BCUT2D eigenvalue weighted by molar-refractivity contribution is -0.0148. The van der Waals surface area contributed by atoms with Crippen LogP contribution in [0.2, 0.25) is 0 Å². The molecule has 0 spiro atoms. The third-order valence-corrected chi connectivity index (χ3v) is 4.53. The van der Waals surface area contributed by atoms with Crippen molar-refractivity contribution in [3.63, 3.8) is 0 Å². The zero-order valence-electron chi connectivity index (χ0n) is 8.77. The maximum absolute atomic E-state index is 2.53. The summed E-state index contributed by atoms with van der Waals surface area (Å²) in [5.74, 6) is 3.04. The van der Waals surface area contributed by atoms with Gasteiger partial charge in [-0.3, -0.25) is 0 Å². The molecule has 0 radical (unpaired) electrons. The lowest BCUT2D eigenvalue weighted by atomic mass is 9.53. The monoisotopic (exact) mass is 166 g/mol. The van der Waals surface area contributed by atoms with Crippen LogP contribution < -0.4 is 0 Å².